The van der Waals surface area contributed by atoms with Crippen LogP contribution in [0.3, 0.4) is 0 Å². The number of nitrogens with one attached hydrogen (secondary N) is 2. The van der Waals surface area contributed by atoms with E-state index in [4.69, 9.17) is 0 Å². The van der Waals surface area contributed by atoms with E-state index in [-0.39, 0.29) is 11.7 Å². The Morgan fingerprint density at radius 1 is 1.19 bits per heavy atom. The highest BCUT2D eigenvalue weighted by atomic mass is 19.1. The Balaban J connectivity index is 1.70. The van der Waals surface area contributed by atoms with E-state index in [1.54, 1.807) is 19.1 Å². The average molecular weight is 292 g/mol. The maximum absolute atomic E-state index is 13.4. The summed E-state index contributed by atoms with van der Waals surface area (Å²) in [6.45, 7) is 3.03. The number of halogens is 1. The predicted molar refractivity (Wildman–Crippen MR) is 83.0 cm³/mol. The Labute approximate surface area is 126 Å². The Hall–Kier alpha value is -1.42. The van der Waals surface area contributed by atoms with Gasteiger partial charge in [-0.3, -0.25) is 4.79 Å². The van der Waals surface area contributed by atoms with Crippen LogP contribution in [-0.4, -0.2) is 25.0 Å². The largest absolute Gasteiger partial charge is 0.351 e. The fraction of sp³-hybridized carbons (Fsp3) is 0.588. The molecular weight excluding hydrogens is 267 g/mol. The topological polar surface area (TPSA) is 41.1 Å². The van der Waals surface area contributed by atoms with E-state index in [2.05, 4.69) is 10.6 Å². The van der Waals surface area contributed by atoms with Crippen molar-refractivity contribution in [3.63, 3.8) is 0 Å². The van der Waals surface area contributed by atoms with Crippen molar-refractivity contribution in [1.29, 1.82) is 0 Å². The van der Waals surface area contributed by atoms with Gasteiger partial charge in [-0.15, -0.1) is 0 Å². The quantitative estimate of drug-likeness (QED) is 0.646. The molecule has 0 spiro atoms. The van der Waals surface area contributed by atoms with Crippen molar-refractivity contribution in [3.8, 4) is 0 Å². The molecule has 0 atom stereocenters. The summed E-state index contributed by atoms with van der Waals surface area (Å²) in [5, 5.41) is 6.33. The molecule has 116 valence electrons. The molecule has 1 fully saturated rings. The lowest BCUT2D eigenvalue weighted by Crippen LogP contribution is -2.36. The van der Waals surface area contributed by atoms with Gasteiger partial charge in [0.05, 0.1) is 0 Å². The molecule has 1 aliphatic rings. The molecule has 1 aliphatic carbocycles. The maximum atomic E-state index is 13.4. The molecule has 4 heteroatoms. The van der Waals surface area contributed by atoms with E-state index in [0.29, 0.717) is 23.7 Å². The highest BCUT2D eigenvalue weighted by Crippen LogP contribution is 2.16. The molecule has 2 rings (SSSR count). The average Bonchev–Trinajstić information content (AvgIpc) is 2.75. The van der Waals surface area contributed by atoms with Crippen LogP contribution in [-0.2, 0) is 0 Å². The standard InChI is InChI=1S/C17H25FN2O/c1-13-8-9-14(12-16(13)18)17(21)20-11-10-19-15-6-4-2-3-5-7-15/h8-9,12,15,19H,2-7,10-11H2,1H3,(H,20,21). The second kappa shape index (κ2) is 8.13. The van der Waals surface area contributed by atoms with Crippen LogP contribution in [0.1, 0.15) is 54.4 Å². The first-order valence-corrected chi connectivity index (χ1v) is 7.94. The third-order valence-electron chi connectivity index (χ3n) is 4.13. The molecule has 0 aromatic heterocycles. The second-order valence-corrected chi connectivity index (χ2v) is 5.86. The lowest BCUT2D eigenvalue weighted by Gasteiger charge is -2.16. The van der Waals surface area contributed by atoms with Crippen molar-refractivity contribution in [2.75, 3.05) is 13.1 Å². The van der Waals surface area contributed by atoms with Crippen molar-refractivity contribution >= 4 is 5.91 Å². The third-order valence-corrected chi connectivity index (χ3v) is 4.13. The Morgan fingerprint density at radius 2 is 1.90 bits per heavy atom. The van der Waals surface area contributed by atoms with Gasteiger partial charge < -0.3 is 10.6 Å². The minimum Gasteiger partial charge on any atom is -0.351 e. The van der Waals surface area contributed by atoms with Gasteiger partial charge in [0, 0.05) is 24.7 Å². The van der Waals surface area contributed by atoms with Crippen LogP contribution in [0.4, 0.5) is 4.39 Å². The zero-order chi connectivity index (χ0) is 15.1. The lowest BCUT2D eigenvalue weighted by molar-refractivity contribution is 0.0953. The van der Waals surface area contributed by atoms with Crippen LogP contribution in [0.25, 0.3) is 0 Å². The Kier molecular flexibility index (Phi) is 6.18. The van der Waals surface area contributed by atoms with Gasteiger partial charge in [-0.25, -0.2) is 4.39 Å². The molecule has 1 aromatic rings. The molecule has 0 radical (unpaired) electrons. The summed E-state index contributed by atoms with van der Waals surface area (Å²) in [7, 11) is 0. The summed E-state index contributed by atoms with van der Waals surface area (Å²) >= 11 is 0. The van der Waals surface area contributed by atoms with Crippen molar-refractivity contribution < 1.29 is 9.18 Å². The van der Waals surface area contributed by atoms with Gasteiger partial charge in [0.2, 0.25) is 0 Å². The first kappa shape index (κ1) is 16.0. The monoisotopic (exact) mass is 292 g/mol. The molecule has 1 amide bonds. The summed E-state index contributed by atoms with van der Waals surface area (Å²) in [4.78, 5) is 11.9. The molecule has 0 aliphatic heterocycles. The number of aryl methyl sites for hydroxylation is 1. The number of rotatable bonds is 5. The summed E-state index contributed by atoms with van der Waals surface area (Å²) < 4.78 is 13.4. The van der Waals surface area contributed by atoms with Gasteiger partial charge in [0.15, 0.2) is 0 Å². The molecule has 3 nitrogen and oxygen atoms in total. The van der Waals surface area contributed by atoms with Crippen molar-refractivity contribution in [2.24, 2.45) is 0 Å². The summed E-state index contributed by atoms with van der Waals surface area (Å²) in [5.74, 6) is -0.546. The summed E-state index contributed by atoms with van der Waals surface area (Å²) in [6, 6.07) is 5.17. The van der Waals surface area contributed by atoms with Crippen LogP contribution in [0.5, 0.6) is 0 Å². The van der Waals surface area contributed by atoms with Crippen LogP contribution in [0.2, 0.25) is 0 Å². The van der Waals surface area contributed by atoms with Gasteiger partial charge in [-0.2, -0.15) is 0 Å². The number of benzene rings is 1. The van der Waals surface area contributed by atoms with Gasteiger partial charge in [0.25, 0.3) is 5.91 Å². The first-order valence-electron chi connectivity index (χ1n) is 7.94. The van der Waals surface area contributed by atoms with Crippen LogP contribution >= 0.6 is 0 Å². The predicted octanol–water partition coefficient (Wildman–Crippen LogP) is 3.18. The highest BCUT2D eigenvalue weighted by Gasteiger charge is 2.11. The Bertz CT molecular complexity index is 468. The van der Waals surface area contributed by atoms with Gasteiger partial charge >= 0.3 is 0 Å². The summed E-state index contributed by atoms with van der Waals surface area (Å²) in [5.41, 5.74) is 0.939. The van der Waals surface area contributed by atoms with Crippen LogP contribution in [0, 0.1) is 12.7 Å². The molecule has 21 heavy (non-hydrogen) atoms. The van der Waals surface area contributed by atoms with E-state index in [1.165, 1.54) is 44.6 Å². The number of carbonyl (C=O) groups is 1. The van der Waals surface area contributed by atoms with E-state index in [9.17, 15) is 9.18 Å². The fourth-order valence-electron chi connectivity index (χ4n) is 2.77. The molecular formula is C17H25FN2O. The zero-order valence-corrected chi connectivity index (χ0v) is 12.8. The molecule has 2 N–H and O–H groups in total. The van der Waals surface area contributed by atoms with Crippen molar-refractivity contribution in [1.82, 2.24) is 10.6 Å². The Morgan fingerprint density at radius 3 is 2.57 bits per heavy atom. The van der Waals surface area contributed by atoms with E-state index < -0.39 is 0 Å². The lowest BCUT2D eigenvalue weighted by atomic mass is 10.1. The number of hydrogen-bond donors (Lipinski definition) is 2. The molecule has 0 unspecified atom stereocenters. The van der Waals surface area contributed by atoms with Gasteiger partial charge in [-0.05, 0) is 37.5 Å². The number of carbonyl (C=O) groups excluding carboxylic acids is 1. The van der Waals surface area contributed by atoms with Crippen molar-refractivity contribution in [3.05, 3.63) is 35.1 Å². The van der Waals surface area contributed by atoms with E-state index in [1.807, 2.05) is 0 Å². The molecule has 1 saturated carbocycles. The van der Waals surface area contributed by atoms with E-state index >= 15 is 0 Å². The first-order chi connectivity index (χ1) is 10.2. The number of amides is 1. The smallest absolute Gasteiger partial charge is 0.251 e. The second-order valence-electron chi connectivity index (χ2n) is 5.86. The minimum absolute atomic E-state index is 0.212. The normalized spacial score (nSPS) is 16.5. The third kappa shape index (κ3) is 5.12. The van der Waals surface area contributed by atoms with E-state index in [0.717, 1.165) is 6.54 Å². The van der Waals surface area contributed by atoms with Crippen molar-refractivity contribution in [2.45, 2.75) is 51.5 Å². The van der Waals surface area contributed by atoms with Crippen LogP contribution in [0.15, 0.2) is 18.2 Å². The van der Waals surface area contributed by atoms with Gasteiger partial charge in [0.1, 0.15) is 5.82 Å². The van der Waals surface area contributed by atoms with Gasteiger partial charge in [-0.1, -0.05) is 31.7 Å². The molecule has 0 bridgehead atoms. The molecule has 0 saturated heterocycles. The molecule has 0 heterocycles. The zero-order valence-electron chi connectivity index (χ0n) is 12.8. The fourth-order valence-corrected chi connectivity index (χ4v) is 2.77. The minimum atomic E-state index is -0.334. The maximum Gasteiger partial charge on any atom is 0.251 e. The highest BCUT2D eigenvalue weighted by molar-refractivity contribution is 5.94. The summed E-state index contributed by atoms with van der Waals surface area (Å²) in [6.07, 6.45) is 7.75. The number of hydrogen-bond acceptors (Lipinski definition) is 2. The van der Waals surface area contributed by atoms with Crippen LogP contribution < -0.4 is 10.6 Å². The molecule has 1 aromatic carbocycles. The SMILES string of the molecule is Cc1ccc(C(=O)NCCNC2CCCCCC2)cc1F.